The maximum atomic E-state index is 12.6. The van der Waals surface area contributed by atoms with Crippen LogP contribution in [0, 0.1) is 5.41 Å². The van der Waals surface area contributed by atoms with Gasteiger partial charge in [0.1, 0.15) is 5.01 Å². The Bertz CT molecular complexity index is 685. The second kappa shape index (κ2) is 7.22. The first-order valence-electron chi connectivity index (χ1n) is 9.04. The quantitative estimate of drug-likeness (QED) is 0.848. The van der Waals surface area contributed by atoms with Gasteiger partial charge in [0.05, 0.1) is 12.1 Å². The van der Waals surface area contributed by atoms with Crippen molar-refractivity contribution in [3.05, 3.63) is 46.7 Å². The Kier molecular flexibility index (Phi) is 4.81. The Balaban J connectivity index is 1.29. The van der Waals surface area contributed by atoms with Gasteiger partial charge < -0.3 is 4.90 Å². The SMILES string of the molecule is O=C(c1cccnc1)N1CCC2(CCN(Cc3nccs3)CC2)CC1. The minimum atomic E-state index is 0.129. The molecule has 1 spiro atoms. The summed E-state index contributed by atoms with van der Waals surface area (Å²) in [5.41, 5.74) is 1.14. The number of rotatable bonds is 3. The van der Waals surface area contributed by atoms with Crippen LogP contribution in [0.2, 0.25) is 0 Å². The maximum Gasteiger partial charge on any atom is 0.255 e. The normalized spacial score (nSPS) is 20.7. The largest absolute Gasteiger partial charge is 0.339 e. The Labute approximate surface area is 152 Å². The molecule has 2 fully saturated rings. The molecule has 132 valence electrons. The molecule has 2 aliphatic rings. The summed E-state index contributed by atoms with van der Waals surface area (Å²) in [4.78, 5) is 25.6. The number of pyridine rings is 1. The fraction of sp³-hybridized carbons (Fsp3) is 0.526. The number of piperidine rings is 2. The molecule has 4 heterocycles. The third-order valence-corrected chi connectivity index (χ3v) is 6.54. The number of amides is 1. The van der Waals surface area contributed by atoms with Crippen molar-refractivity contribution in [3.63, 3.8) is 0 Å². The van der Waals surface area contributed by atoms with Crippen LogP contribution in [0.25, 0.3) is 0 Å². The van der Waals surface area contributed by atoms with Gasteiger partial charge in [-0.15, -0.1) is 11.3 Å². The average Bonchev–Trinajstić information content (AvgIpc) is 3.18. The van der Waals surface area contributed by atoms with Gasteiger partial charge in [0.25, 0.3) is 5.91 Å². The molecule has 1 amide bonds. The van der Waals surface area contributed by atoms with E-state index in [9.17, 15) is 4.79 Å². The molecule has 0 aliphatic carbocycles. The summed E-state index contributed by atoms with van der Waals surface area (Å²) in [6.45, 7) is 5.03. The molecule has 0 saturated carbocycles. The highest BCUT2D eigenvalue weighted by Gasteiger charge is 2.38. The monoisotopic (exact) mass is 356 g/mol. The van der Waals surface area contributed by atoms with Crippen molar-refractivity contribution in [2.75, 3.05) is 26.2 Å². The summed E-state index contributed by atoms with van der Waals surface area (Å²) in [5.74, 6) is 0.129. The number of carbonyl (C=O) groups is 1. The van der Waals surface area contributed by atoms with Crippen molar-refractivity contribution >= 4 is 17.2 Å². The van der Waals surface area contributed by atoms with Crippen molar-refractivity contribution in [3.8, 4) is 0 Å². The lowest BCUT2D eigenvalue weighted by Crippen LogP contribution is -2.48. The third kappa shape index (κ3) is 3.75. The van der Waals surface area contributed by atoms with Gasteiger partial charge in [-0.25, -0.2) is 4.98 Å². The van der Waals surface area contributed by atoms with Crippen LogP contribution in [-0.2, 0) is 6.54 Å². The number of hydrogen-bond donors (Lipinski definition) is 0. The molecule has 0 bridgehead atoms. The highest BCUT2D eigenvalue weighted by molar-refractivity contribution is 7.09. The van der Waals surface area contributed by atoms with Crippen molar-refractivity contribution < 1.29 is 4.79 Å². The van der Waals surface area contributed by atoms with Crippen LogP contribution in [0.4, 0.5) is 0 Å². The van der Waals surface area contributed by atoms with Crippen molar-refractivity contribution in [1.82, 2.24) is 19.8 Å². The number of carbonyl (C=O) groups excluding carboxylic acids is 1. The molecule has 2 aromatic heterocycles. The van der Waals surface area contributed by atoms with E-state index in [1.54, 1.807) is 23.7 Å². The van der Waals surface area contributed by atoms with E-state index in [0.29, 0.717) is 11.0 Å². The van der Waals surface area contributed by atoms with E-state index < -0.39 is 0 Å². The fourth-order valence-electron chi connectivity index (χ4n) is 4.06. The zero-order valence-electron chi connectivity index (χ0n) is 14.4. The Morgan fingerprint density at radius 1 is 1.12 bits per heavy atom. The summed E-state index contributed by atoms with van der Waals surface area (Å²) in [6.07, 6.45) is 10.0. The first kappa shape index (κ1) is 16.7. The average molecular weight is 356 g/mol. The second-order valence-electron chi connectivity index (χ2n) is 7.24. The highest BCUT2D eigenvalue weighted by atomic mass is 32.1. The maximum absolute atomic E-state index is 12.6. The van der Waals surface area contributed by atoms with Crippen molar-refractivity contribution in [2.24, 2.45) is 5.41 Å². The molecule has 6 heteroatoms. The smallest absolute Gasteiger partial charge is 0.255 e. The number of nitrogens with zero attached hydrogens (tertiary/aromatic N) is 4. The van der Waals surface area contributed by atoms with E-state index in [-0.39, 0.29) is 5.91 Å². The predicted molar refractivity (Wildman–Crippen MR) is 98.4 cm³/mol. The van der Waals surface area contributed by atoms with Gasteiger partial charge in [-0.2, -0.15) is 0 Å². The van der Waals surface area contributed by atoms with Crippen LogP contribution in [0.5, 0.6) is 0 Å². The molecular formula is C19H24N4OS. The lowest BCUT2D eigenvalue weighted by Gasteiger charge is -2.46. The summed E-state index contributed by atoms with van der Waals surface area (Å²) in [5, 5.41) is 3.27. The van der Waals surface area contributed by atoms with Crippen molar-refractivity contribution in [2.45, 2.75) is 32.2 Å². The van der Waals surface area contributed by atoms with Crippen LogP contribution in [0.3, 0.4) is 0 Å². The van der Waals surface area contributed by atoms with E-state index in [2.05, 4.69) is 20.2 Å². The number of hydrogen-bond acceptors (Lipinski definition) is 5. The van der Waals surface area contributed by atoms with Crippen LogP contribution in [0.1, 0.15) is 41.0 Å². The van der Waals surface area contributed by atoms with Crippen LogP contribution < -0.4 is 0 Å². The molecular weight excluding hydrogens is 332 g/mol. The Morgan fingerprint density at radius 2 is 1.88 bits per heavy atom. The lowest BCUT2D eigenvalue weighted by atomic mass is 9.71. The Morgan fingerprint density at radius 3 is 2.52 bits per heavy atom. The van der Waals surface area contributed by atoms with Gasteiger partial charge in [-0.1, -0.05) is 0 Å². The minimum Gasteiger partial charge on any atom is -0.339 e. The molecule has 0 N–H and O–H groups in total. The molecule has 25 heavy (non-hydrogen) atoms. The zero-order valence-corrected chi connectivity index (χ0v) is 15.2. The minimum absolute atomic E-state index is 0.129. The van der Waals surface area contributed by atoms with E-state index in [0.717, 1.165) is 45.6 Å². The molecule has 0 aromatic carbocycles. The third-order valence-electron chi connectivity index (χ3n) is 5.78. The van der Waals surface area contributed by atoms with Gasteiger partial charge in [0.15, 0.2) is 0 Å². The molecule has 0 unspecified atom stereocenters. The van der Waals surface area contributed by atoms with E-state index >= 15 is 0 Å². The fourth-order valence-corrected chi connectivity index (χ4v) is 4.72. The molecule has 2 aliphatic heterocycles. The highest BCUT2D eigenvalue weighted by Crippen LogP contribution is 2.41. The van der Waals surface area contributed by atoms with Gasteiger partial charge in [-0.3, -0.25) is 14.7 Å². The van der Waals surface area contributed by atoms with Gasteiger partial charge >= 0.3 is 0 Å². The van der Waals surface area contributed by atoms with Crippen LogP contribution in [-0.4, -0.2) is 51.9 Å². The lowest BCUT2D eigenvalue weighted by molar-refractivity contribution is 0.0285. The summed E-state index contributed by atoms with van der Waals surface area (Å²) in [7, 11) is 0. The molecule has 2 saturated heterocycles. The van der Waals surface area contributed by atoms with Gasteiger partial charge in [-0.05, 0) is 56.3 Å². The summed E-state index contributed by atoms with van der Waals surface area (Å²) in [6, 6.07) is 3.69. The van der Waals surface area contributed by atoms with E-state index in [1.165, 1.54) is 17.8 Å². The molecule has 4 rings (SSSR count). The first-order valence-corrected chi connectivity index (χ1v) is 9.92. The number of likely N-dealkylation sites (tertiary alicyclic amines) is 2. The molecule has 5 nitrogen and oxygen atoms in total. The molecule has 0 atom stereocenters. The van der Waals surface area contributed by atoms with E-state index in [4.69, 9.17) is 0 Å². The van der Waals surface area contributed by atoms with Crippen molar-refractivity contribution in [1.29, 1.82) is 0 Å². The predicted octanol–water partition coefficient (Wildman–Crippen LogP) is 3.06. The number of aromatic nitrogens is 2. The Hall–Kier alpha value is -1.79. The molecule has 2 aromatic rings. The summed E-state index contributed by atoms with van der Waals surface area (Å²) >= 11 is 1.74. The van der Waals surface area contributed by atoms with Crippen LogP contribution >= 0.6 is 11.3 Å². The first-order chi connectivity index (χ1) is 12.2. The van der Waals surface area contributed by atoms with Gasteiger partial charge in [0.2, 0.25) is 0 Å². The molecule has 0 radical (unpaired) electrons. The van der Waals surface area contributed by atoms with E-state index in [1.807, 2.05) is 23.2 Å². The topological polar surface area (TPSA) is 49.3 Å². The van der Waals surface area contributed by atoms with Gasteiger partial charge in [0, 0.05) is 37.1 Å². The number of thiazole rings is 1. The standard InChI is InChI=1S/C19H24N4OS/c24-18(16-2-1-7-20-14-16)23-11-5-19(6-12-23)3-9-22(10-4-19)15-17-21-8-13-25-17/h1-2,7-8,13-14H,3-6,9-12,15H2. The van der Waals surface area contributed by atoms with Crippen LogP contribution in [0.15, 0.2) is 36.1 Å². The summed E-state index contributed by atoms with van der Waals surface area (Å²) < 4.78 is 0. The zero-order chi connectivity index (χ0) is 17.1. The second-order valence-corrected chi connectivity index (χ2v) is 8.22.